The van der Waals surface area contributed by atoms with Crippen molar-refractivity contribution >= 4 is 0 Å². The Morgan fingerprint density at radius 1 is 0.750 bits per heavy atom. The molecular formula is C39H56O. The predicted molar refractivity (Wildman–Crippen MR) is 171 cm³/mol. The molecule has 2 aromatic rings. The van der Waals surface area contributed by atoms with Crippen LogP contribution >= 0.6 is 0 Å². The van der Waals surface area contributed by atoms with Crippen molar-refractivity contribution in [3.8, 4) is 0 Å². The van der Waals surface area contributed by atoms with Crippen LogP contribution in [0.4, 0.5) is 0 Å². The fraction of sp³-hybridized carbons (Fsp3) is 0.641. The van der Waals surface area contributed by atoms with Gasteiger partial charge in [-0.1, -0.05) is 80.3 Å². The zero-order valence-corrected chi connectivity index (χ0v) is 25.6. The molecule has 3 saturated carbocycles. The molecule has 3 aliphatic carbocycles. The van der Waals surface area contributed by atoms with Crippen molar-refractivity contribution in [2.45, 2.75) is 122 Å². The molecule has 1 nitrogen and oxygen atoms in total. The van der Waals surface area contributed by atoms with Gasteiger partial charge in [-0.15, -0.1) is 6.58 Å². The standard InChI is InChI=1S/C39H56O/c1-4-5-29-8-14-32(15-9-29)35-20-22-38-26-36(21-23-37(38)25-35)33-16-10-30(11-17-33)6-7-31-12-18-34(19-13-31)39(27-40)24-28(2)3/h8-11,14-17,31,34-40H,2,4-7,12-13,18-27H2,1,3H3. The maximum atomic E-state index is 9.85. The van der Waals surface area contributed by atoms with E-state index >= 15 is 0 Å². The van der Waals surface area contributed by atoms with Crippen LogP contribution in [0, 0.1) is 29.6 Å². The average molecular weight is 541 g/mol. The number of aliphatic hydroxyl groups excluding tert-OH is 1. The van der Waals surface area contributed by atoms with E-state index < -0.39 is 0 Å². The zero-order chi connectivity index (χ0) is 27.9. The molecule has 3 aliphatic rings. The van der Waals surface area contributed by atoms with Gasteiger partial charge in [0.1, 0.15) is 0 Å². The van der Waals surface area contributed by atoms with Crippen molar-refractivity contribution < 1.29 is 5.11 Å². The van der Waals surface area contributed by atoms with E-state index in [4.69, 9.17) is 0 Å². The van der Waals surface area contributed by atoms with Crippen LogP contribution in [0.15, 0.2) is 60.7 Å². The van der Waals surface area contributed by atoms with Crippen LogP contribution in [0.5, 0.6) is 0 Å². The molecule has 0 radical (unpaired) electrons. The molecule has 0 aromatic heterocycles. The Balaban J connectivity index is 1.05. The first-order valence-electron chi connectivity index (χ1n) is 16.9. The van der Waals surface area contributed by atoms with E-state index in [0.29, 0.717) is 18.4 Å². The van der Waals surface area contributed by atoms with Crippen LogP contribution in [0.25, 0.3) is 0 Å². The second-order valence-corrected chi connectivity index (χ2v) is 14.2. The molecule has 40 heavy (non-hydrogen) atoms. The Labute approximate surface area is 245 Å². The van der Waals surface area contributed by atoms with Gasteiger partial charge in [-0.2, -0.15) is 0 Å². The van der Waals surface area contributed by atoms with E-state index in [1.54, 1.807) is 11.1 Å². The summed E-state index contributed by atoms with van der Waals surface area (Å²) < 4.78 is 0. The SMILES string of the molecule is C=C(C)CC(CO)C1CCC(CCc2ccc(C3CCC4CC(c5ccc(CCC)cc5)CCC4C3)cc2)CC1. The third-order valence-electron chi connectivity index (χ3n) is 11.3. The minimum atomic E-state index is 0.324. The number of rotatable bonds is 11. The van der Waals surface area contributed by atoms with Crippen molar-refractivity contribution in [2.75, 3.05) is 6.61 Å². The lowest BCUT2D eigenvalue weighted by Gasteiger charge is -2.42. The highest BCUT2D eigenvalue weighted by molar-refractivity contribution is 5.28. The van der Waals surface area contributed by atoms with Crippen molar-refractivity contribution in [3.63, 3.8) is 0 Å². The van der Waals surface area contributed by atoms with Crippen LogP contribution in [-0.2, 0) is 12.8 Å². The minimum absolute atomic E-state index is 0.324. The van der Waals surface area contributed by atoms with E-state index in [1.165, 1.54) is 107 Å². The molecule has 0 bridgehead atoms. The number of aliphatic hydroxyl groups is 1. The summed E-state index contributed by atoms with van der Waals surface area (Å²) in [5, 5.41) is 9.85. The molecule has 218 valence electrons. The summed E-state index contributed by atoms with van der Waals surface area (Å²) in [5.41, 5.74) is 7.44. The summed E-state index contributed by atoms with van der Waals surface area (Å²) in [7, 11) is 0. The van der Waals surface area contributed by atoms with Crippen molar-refractivity contribution in [1.82, 2.24) is 0 Å². The monoisotopic (exact) mass is 540 g/mol. The van der Waals surface area contributed by atoms with Crippen LogP contribution < -0.4 is 0 Å². The topological polar surface area (TPSA) is 20.2 Å². The van der Waals surface area contributed by atoms with Gasteiger partial charge in [-0.25, -0.2) is 0 Å². The molecule has 0 spiro atoms. The molecule has 5 unspecified atom stereocenters. The lowest BCUT2D eigenvalue weighted by molar-refractivity contribution is 0.129. The maximum Gasteiger partial charge on any atom is 0.0464 e. The van der Waals surface area contributed by atoms with Gasteiger partial charge in [0.25, 0.3) is 0 Å². The lowest BCUT2D eigenvalue weighted by atomic mass is 9.63. The zero-order valence-electron chi connectivity index (χ0n) is 25.6. The van der Waals surface area contributed by atoms with Gasteiger partial charge < -0.3 is 5.11 Å². The second kappa shape index (κ2) is 14.4. The maximum absolute atomic E-state index is 9.85. The number of fused-ring (bicyclic) bond motifs is 1. The quantitative estimate of drug-likeness (QED) is 0.281. The Hall–Kier alpha value is -1.86. The summed E-state index contributed by atoms with van der Waals surface area (Å²) >= 11 is 0. The Bertz CT molecular complexity index is 1040. The number of hydrogen-bond donors (Lipinski definition) is 1. The third-order valence-corrected chi connectivity index (χ3v) is 11.3. The molecule has 0 saturated heterocycles. The van der Waals surface area contributed by atoms with E-state index in [0.717, 1.165) is 36.0 Å². The predicted octanol–water partition coefficient (Wildman–Crippen LogP) is 10.4. The molecule has 1 heteroatoms. The van der Waals surface area contributed by atoms with E-state index in [9.17, 15) is 5.11 Å². The molecular weight excluding hydrogens is 484 g/mol. The summed E-state index contributed by atoms with van der Waals surface area (Å²) in [6.07, 6.45) is 19.7. The van der Waals surface area contributed by atoms with Crippen molar-refractivity contribution in [1.29, 1.82) is 0 Å². The summed E-state index contributed by atoms with van der Waals surface area (Å²) in [6, 6.07) is 19.5. The highest BCUT2D eigenvalue weighted by Gasteiger charge is 2.36. The molecule has 2 aromatic carbocycles. The summed E-state index contributed by atoms with van der Waals surface area (Å²) in [6.45, 7) is 8.78. The number of aryl methyl sites for hydroxylation is 2. The van der Waals surface area contributed by atoms with Crippen LogP contribution in [0.3, 0.4) is 0 Å². The van der Waals surface area contributed by atoms with Gasteiger partial charge in [-0.3, -0.25) is 0 Å². The first-order chi connectivity index (χ1) is 19.5. The minimum Gasteiger partial charge on any atom is -0.396 e. The first-order valence-corrected chi connectivity index (χ1v) is 16.9. The molecule has 0 heterocycles. The number of allylic oxidation sites excluding steroid dienone is 1. The van der Waals surface area contributed by atoms with E-state index in [1.807, 2.05) is 0 Å². The van der Waals surface area contributed by atoms with Crippen LogP contribution in [-0.4, -0.2) is 11.7 Å². The van der Waals surface area contributed by atoms with Gasteiger partial charge in [0.2, 0.25) is 0 Å². The fourth-order valence-corrected chi connectivity index (χ4v) is 8.84. The van der Waals surface area contributed by atoms with Gasteiger partial charge in [-0.05, 0) is 148 Å². The summed E-state index contributed by atoms with van der Waals surface area (Å²) in [4.78, 5) is 0. The average Bonchev–Trinajstić information content (AvgIpc) is 2.99. The highest BCUT2D eigenvalue weighted by Crippen LogP contribution is 2.50. The Morgan fingerprint density at radius 3 is 1.75 bits per heavy atom. The molecule has 5 atom stereocenters. The third kappa shape index (κ3) is 7.70. The van der Waals surface area contributed by atoms with Gasteiger partial charge in [0.15, 0.2) is 0 Å². The molecule has 0 aliphatic heterocycles. The lowest BCUT2D eigenvalue weighted by Crippen LogP contribution is -2.29. The fourth-order valence-electron chi connectivity index (χ4n) is 8.84. The molecule has 1 N–H and O–H groups in total. The first kappa shape index (κ1) is 29.6. The van der Waals surface area contributed by atoms with Gasteiger partial charge in [0.05, 0.1) is 0 Å². The second-order valence-electron chi connectivity index (χ2n) is 14.2. The Morgan fingerprint density at radius 2 is 1.27 bits per heavy atom. The molecule has 3 fully saturated rings. The summed E-state index contributed by atoms with van der Waals surface area (Å²) in [5.74, 6) is 5.42. The smallest absolute Gasteiger partial charge is 0.0464 e. The van der Waals surface area contributed by atoms with Gasteiger partial charge >= 0.3 is 0 Å². The largest absolute Gasteiger partial charge is 0.396 e. The number of benzene rings is 2. The van der Waals surface area contributed by atoms with Crippen LogP contribution in [0.2, 0.25) is 0 Å². The van der Waals surface area contributed by atoms with Crippen molar-refractivity contribution in [3.05, 3.63) is 82.9 Å². The van der Waals surface area contributed by atoms with E-state index in [2.05, 4.69) is 69.0 Å². The normalized spacial score (nSPS) is 29.5. The highest BCUT2D eigenvalue weighted by atomic mass is 16.3. The number of hydrogen-bond acceptors (Lipinski definition) is 1. The molecule has 5 rings (SSSR count). The Kier molecular flexibility index (Phi) is 10.6. The van der Waals surface area contributed by atoms with Gasteiger partial charge in [0, 0.05) is 6.61 Å². The molecule has 0 amide bonds. The van der Waals surface area contributed by atoms with E-state index in [-0.39, 0.29) is 0 Å². The van der Waals surface area contributed by atoms with Crippen molar-refractivity contribution in [2.24, 2.45) is 29.6 Å². The van der Waals surface area contributed by atoms with Crippen LogP contribution in [0.1, 0.15) is 131 Å².